The van der Waals surface area contributed by atoms with Gasteiger partial charge in [-0.15, -0.1) is 0 Å². The summed E-state index contributed by atoms with van der Waals surface area (Å²) in [6.45, 7) is -0.494. The van der Waals surface area contributed by atoms with E-state index in [2.05, 4.69) is 0 Å². The third-order valence-electron chi connectivity index (χ3n) is 5.91. The van der Waals surface area contributed by atoms with Crippen LogP contribution < -0.4 is 0 Å². The molecule has 1 unspecified atom stereocenters. The number of carbonyl (C=O) groups excluding carboxylic acids is 2. The van der Waals surface area contributed by atoms with Crippen LogP contribution in [0.4, 0.5) is 10.1 Å². The van der Waals surface area contributed by atoms with Gasteiger partial charge in [0.2, 0.25) is 10.0 Å². The number of halogens is 1. The highest BCUT2D eigenvalue weighted by Crippen LogP contribution is 2.36. The molecule has 0 saturated heterocycles. The van der Waals surface area contributed by atoms with Crippen LogP contribution in [0.1, 0.15) is 33.9 Å². The zero-order valence-electron chi connectivity index (χ0n) is 18.9. The van der Waals surface area contributed by atoms with Crippen LogP contribution in [0.5, 0.6) is 0 Å². The Labute approximate surface area is 206 Å². The molecule has 0 fully saturated rings. The van der Waals surface area contributed by atoms with Crippen LogP contribution in [0.25, 0.3) is 0 Å². The van der Waals surface area contributed by atoms with Crippen LogP contribution >= 0.6 is 0 Å². The number of esters is 1. The number of sulfonamides is 1. The summed E-state index contributed by atoms with van der Waals surface area (Å²) >= 11 is 0. The van der Waals surface area contributed by atoms with Gasteiger partial charge in [0.25, 0.3) is 5.69 Å². The van der Waals surface area contributed by atoms with Crippen LogP contribution in [0.15, 0.2) is 77.7 Å². The van der Waals surface area contributed by atoms with Crippen molar-refractivity contribution in [2.75, 3.05) is 13.2 Å². The van der Waals surface area contributed by atoms with Gasteiger partial charge < -0.3 is 4.74 Å². The Hall–Kier alpha value is -3.96. The number of ether oxygens (including phenoxy) is 1. The minimum Gasteiger partial charge on any atom is -0.457 e. The molecule has 186 valence electrons. The number of non-ortho nitro benzene ring substituents is 1. The summed E-state index contributed by atoms with van der Waals surface area (Å²) in [5.74, 6) is -1.92. The smallest absolute Gasteiger partial charge is 0.308 e. The minimum atomic E-state index is -4.06. The maximum Gasteiger partial charge on any atom is 0.308 e. The summed E-state index contributed by atoms with van der Waals surface area (Å²) in [6, 6.07) is 15.6. The summed E-state index contributed by atoms with van der Waals surface area (Å²) < 4.78 is 46.5. The molecule has 0 radical (unpaired) electrons. The number of fused-ring (bicyclic) bond motifs is 1. The average molecular weight is 513 g/mol. The topological polar surface area (TPSA) is 124 Å². The number of rotatable bonds is 8. The van der Waals surface area contributed by atoms with Crippen molar-refractivity contribution in [3.05, 3.63) is 105 Å². The first-order valence-corrected chi connectivity index (χ1v) is 12.4. The Morgan fingerprint density at radius 2 is 1.69 bits per heavy atom. The Kier molecular flexibility index (Phi) is 7.22. The predicted molar refractivity (Wildman–Crippen MR) is 126 cm³/mol. The standard InChI is InChI=1S/C25H21FN2O7S/c26-19-7-11-21(12-8-19)36(33,34)27-14-13-17-3-1-2-4-22(17)23(27)15-25(30)35-16-24(29)18-5-9-20(10-6-18)28(31)32/h1-12,23H,13-16H2. The van der Waals surface area contributed by atoms with E-state index in [0.29, 0.717) is 12.0 Å². The van der Waals surface area contributed by atoms with Gasteiger partial charge in [0, 0.05) is 24.2 Å². The lowest BCUT2D eigenvalue weighted by molar-refractivity contribution is -0.384. The number of nitrogens with zero attached hydrogens (tertiary/aromatic N) is 2. The van der Waals surface area contributed by atoms with E-state index >= 15 is 0 Å². The van der Waals surface area contributed by atoms with Crippen molar-refractivity contribution in [3.63, 3.8) is 0 Å². The maximum atomic E-state index is 13.4. The van der Waals surface area contributed by atoms with E-state index in [0.717, 1.165) is 17.7 Å². The second-order valence-electron chi connectivity index (χ2n) is 8.13. The van der Waals surface area contributed by atoms with Crippen molar-refractivity contribution in [1.29, 1.82) is 0 Å². The largest absolute Gasteiger partial charge is 0.457 e. The molecule has 3 aromatic carbocycles. The first-order chi connectivity index (χ1) is 17.2. The van der Waals surface area contributed by atoms with E-state index in [4.69, 9.17) is 4.74 Å². The molecule has 1 aliphatic rings. The first kappa shape index (κ1) is 25.1. The van der Waals surface area contributed by atoms with Crippen LogP contribution in [-0.4, -0.2) is 42.6 Å². The number of nitro groups is 1. The van der Waals surface area contributed by atoms with Gasteiger partial charge in [0.1, 0.15) is 5.82 Å². The molecule has 0 amide bonds. The summed E-state index contributed by atoms with van der Waals surface area (Å²) in [7, 11) is -4.06. The zero-order valence-corrected chi connectivity index (χ0v) is 19.7. The Morgan fingerprint density at radius 1 is 1.03 bits per heavy atom. The third-order valence-corrected chi connectivity index (χ3v) is 7.83. The molecule has 1 heterocycles. The number of hydrogen-bond acceptors (Lipinski definition) is 7. The van der Waals surface area contributed by atoms with Gasteiger partial charge in [-0.3, -0.25) is 19.7 Å². The number of Topliss-reactive ketones (excluding diaryl/α,β-unsaturated/α-hetero) is 1. The van der Waals surface area contributed by atoms with Gasteiger partial charge in [-0.05, 0) is 53.9 Å². The lowest BCUT2D eigenvalue weighted by atomic mass is 9.92. The lowest BCUT2D eigenvalue weighted by Crippen LogP contribution is -2.41. The summed E-state index contributed by atoms with van der Waals surface area (Å²) in [6.07, 6.45) is 0.0890. The highest BCUT2D eigenvalue weighted by molar-refractivity contribution is 7.89. The van der Waals surface area contributed by atoms with E-state index in [1.165, 1.54) is 40.7 Å². The quantitative estimate of drug-likeness (QED) is 0.194. The number of hydrogen-bond donors (Lipinski definition) is 0. The fourth-order valence-electron chi connectivity index (χ4n) is 4.09. The molecule has 0 bridgehead atoms. The normalized spacial score (nSPS) is 15.6. The number of carbonyl (C=O) groups is 2. The monoisotopic (exact) mass is 512 g/mol. The lowest BCUT2D eigenvalue weighted by Gasteiger charge is -2.36. The molecule has 4 rings (SSSR count). The fourth-order valence-corrected chi connectivity index (χ4v) is 5.69. The predicted octanol–water partition coefficient (Wildman–Crippen LogP) is 3.84. The Bertz CT molecular complexity index is 1410. The summed E-state index contributed by atoms with van der Waals surface area (Å²) in [5.41, 5.74) is 1.50. The van der Waals surface area contributed by atoms with Gasteiger partial charge in [-0.2, -0.15) is 4.31 Å². The van der Waals surface area contributed by atoms with Gasteiger partial charge in [0.15, 0.2) is 12.4 Å². The molecule has 0 aliphatic carbocycles. The van der Waals surface area contributed by atoms with E-state index in [1.807, 2.05) is 12.1 Å². The summed E-state index contributed by atoms with van der Waals surface area (Å²) in [5, 5.41) is 10.8. The molecular weight excluding hydrogens is 491 g/mol. The van der Waals surface area contributed by atoms with Gasteiger partial charge in [-0.1, -0.05) is 24.3 Å². The van der Waals surface area contributed by atoms with Gasteiger partial charge >= 0.3 is 5.97 Å². The molecule has 0 N–H and O–H groups in total. The van der Waals surface area contributed by atoms with E-state index in [9.17, 15) is 32.5 Å². The SMILES string of the molecule is O=C(CC1c2ccccc2CCN1S(=O)(=O)c1ccc(F)cc1)OCC(=O)c1ccc([N+](=O)[O-])cc1. The van der Waals surface area contributed by atoms with Crippen molar-refractivity contribution in [1.82, 2.24) is 4.31 Å². The van der Waals surface area contributed by atoms with Crippen molar-refractivity contribution in [2.24, 2.45) is 0 Å². The Morgan fingerprint density at radius 3 is 2.36 bits per heavy atom. The first-order valence-electron chi connectivity index (χ1n) is 11.0. The van der Waals surface area contributed by atoms with Crippen molar-refractivity contribution in [2.45, 2.75) is 23.8 Å². The third kappa shape index (κ3) is 5.31. The number of nitro benzene ring substituents is 1. The van der Waals surface area contributed by atoms with Gasteiger partial charge in [0.05, 0.1) is 22.3 Å². The molecule has 0 saturated carbocycles. The summed E-state index contributed by atoms with van der Waals surface area (Å²) in [4.78, 5) is 35.2. The van der Waals surface area contributed by atoms with Gasteiger partial charge in [-0.25, -0.2) is 12.8 Å². The van der Waals surface area contributed by atoms with Crippen LogP contribution in [0.3, 0.4) is 0 Å². The molecule has 9 nitrogen and oxygen atoms in total. The molecule has 0 aromatic heterocycles. The van der Waals surface area contributed by atoms with Crippen molar-refractivity contribution >= 4 is 27.5 Å². The minimum absolute atomic E-state index is 0.102. The maximum absolute atomic E-state index is 13.4. The van der Waals surface area contributed by atoms with E-state index in [1.54, 1.807) is 12.1 Å². The molecule has 11 heteroatoms. The molecule has 36 heavy (non-hydrogen) atoms. The van der Waals surface area contributed by atoms with Crippen molar-refractivity contribution in [3.8, 4) is 0 Å². The molecule has 0 spiro atoms. The number of benzene rings is 3. The molecule has 1 atom stereocenters. The second-order valence-corrected chi connectivity index (χ2v) is 10.0. The average Bonchev–Trinajstić information content (AvgIpc) is 2.87. The van der Waals surface area contributed by atoms with E-state index in [-0.39, 0.29) is 29.1 Å². The number of ketones is 1. The van der Waals surface area contributed by atoms with Crippen LogP contribution in [-0.2, 0) is 26.0 Å². The van der Waals surface area contributed by atoms with Crippen LogP contribution in [0.2, 0.25) is 0 Å². The Balaban J connectivity index is 1.52. The van der Waals surface area contributed by atoms with E-state index < -0.39 is 45.2 Å². The highest BCUT2D eigenvalue weighted by atomic mass is 32.2. The molecule has 3 aromatic rings. The zero-order chi connectivity index (χ0) is 25.9. The second kappa shape index (κ2) is 10.3. The highest BCUT2D eigenvalue weighted by Gasteiger charge is 2.38. The fraction of sp³-hybridized carbons (Fsp3) is 0.200. The van der Waals surface area contributed by atoms with Crippen LogP contribution in [0, 0.1) is 15.9 Å². The molecule has 1 aliphatic heterocycles. The van der Waals surface area contributed by atoms with Crippen molar-refractivity contribution < 1.29 is 32.1 Å². The molecular formula is C25H21FN2O7S.